The summed E-state index contributed by atoms with van der Waals surface area (Å²) in [4.78, 5) is 0. The van der Waals surface area contributed by atoms with Crippen LogP contribution in [-0.4, -0.2) is 0 Å². The van der Waals surface area contributed by atoms with Gasteiger partial charge in [-0.15, -0.1) is 0 Å². The van der Waals surface area contributed by atoms with Crippen LogP contribution in [0.1, 0.15) is 49.9 Å². The molecule has 0 unspecified atom stereocenters. The third-order valence-corrected chi connectivity index (χ3v) is 16.8. The Labute approximate surface area is 409 Å². The van der Waals surface area contributed by atoms with E-state index in [9.17, 15) is 0 Å². The van der Waals surface area contributed by atoms with Crippen molar-refractivity contribution in [2.24, 2.45) is 0 Å². The van der Waals surface area contributed by atoms with Crippen molar-refractivity contribution < 1.29 is 0 Å². The highest BCUT2D eigenvalue weighted by molar-refractivity contribution is 6.33. The Bertz CT molecular complexity index is 4260. The summed E-state index contributed by atoms with van der Waals surface area (Å²) in [6, 6.07) is 83.4. The lowest BCUT2D eigenvalue weighted by molar-refractivity contribution is 0.660. The molecule has 70 heavy (non-hydrogen) atoms. The van der Waals surface area contributed by atoms with Crippen LogP contribution in [0.15, 0.2) is 218 Å². The molecule has 0 aromatic heterocycles. The first-order valence-electron chi connectivity index (χ1n) is 24.9. The highest BCUT2D eigenvalue weighted by Gasteiger charge is 2.39. The van der Waals surface area contributed by atoms with Crippen LogP contribution in [0, 0.1) is 0 Å². The molecule has 12 aromatic carbocycles. The standard InChI is InChI=1S/C70H48/c1-69(2)60-28-15-13-24-48(60)50-34-31-44(36-62(50)69)64-57-38-54(41-18-7-5-8-19-41)55(42-20-9-6-10-21-42)39-58(57)65(45-32-35-51-49-25-14-16-29-61(49)70(3,4)63(51)37-45)68-59-40-56-46-23-12-11-22-43(46)30-33-47(56)52-26-17-27-53(66(52)59)67(64)68/h5-40H,1-4H3. The monoisotopic (exact) mass is 888 g/mol. The van der Waals surface area contributed by atoms with Gasteiger partial charge in [-0.05, 0) is 185 Å². The van der Waals surface area contributed by atoms with Gasteiger partial charge in [0.05, 0.1) is 0 Å². The predicted octanol–water partition coefficient (Wildman–Crippen LogP) is 19.2. The third-order valence-electron chi connectivity index (χ3n) is 16.8. The van der Waals surface area contributed by atoms with Crippen LogP contribution >= 0.6 is 0 Å². The zero-order valence-electron chi connectivity index (χ0n) is 39.8. The molecule has 0 saturated carbocycles. The average Bonchev–Trinajstić information content (AvgIpc) is 3.94. The number of hydrogen-bond donors (Lipinski definition) is 0. The van der Waals surface area contributed by atoms with Crippen molar-refractivity contribution in [3.8, 4) is 89.0 Å². The largest absolute Gasteiger partial charge is 0.0622 e. The average molecular weight is 889 g/mol. The zero-order valence-corrected chi connectivity index (χ0v) is 39.8. The van der Waals surface area contributed by atoms with Gasteiger partial charge in [0.1, 0.15) is 0 Å². The van der Waals surface area contributed by atoms with Crippen LogP contribution in [0.25, 0.3) is 132 Å². The number of fused-ring (bicyclic) bond motifs is 14. The Morgan fingerprint density at radius 2 is 0.686 bits per heavy atom. The lowest BCUT2D eigenvalue weighted by Gasteiger charge is -2.26. The van der Waals surface area contributed by atoms with E-state index in [1.54, 1.807) is 0 Å². The van der Waals surface area contributed by atoms with Crippen molar-refractivity contribution in [1.82, 2.24) is 0 Å². The molecule has 328 valence electrons. The van der Waals surface area contributed by atoms with Crippen molar-refractivity contribution >= 4 is 43.1 Å². The molecule has 0 spiro atoms. The summed E-state index contributed by atoms with van der Waals surface area (Å²) in [7, 11) is 0. The van der Waals surface area contributed by atoms with Gasteiger partial charge >= 0.3 is 0 Å². The van der Waals surface area contributed by atoms with Crippen LogP contribution in [0.5, 0.6) is 0 Å². The second kappa shape index (κ2) is 14.1. The molecule has 0 fully saturated rings. The molecule has 3 aliphatic rings. The van der Waals surface area contributed by atoms with Gasteiger partial charge in [-0.3, -0.25) is 0 Å². The summed E-state index contributed by atoms with van der Waals surface area (Å²) < 4.78 is 0. The summed E-state index contributed by atoms with van der Waals surface area (Å²) in [5, 5.41) is 10.3. The van der Waals surface area contributed by atoms with Gasteiger partial charge in [0.25, 0.3) is 0 Å². The molecule has 0 N–H and O–H groups in total. The molecule has 15 rings (SSSR count). The first kappa shape index (κ1) is 39.7. The molecule has 3 aliphatic carbocycles. The van der Waals surface area contributed by atoms with Crippen LogP contribution in [0.3, 0.4) is 0 Å². The minimum atomic E-state index is -0.163. The van der Waals surface area contributed by atoms with Gasteiger partial charge in [0.2, 0.25) is 0 Å². The number of rotatable bonds is 4. The quantitative estimate of drug-likeness (QED) is 0.155. The van der Waals surface area contributed by atoms with Gasteiger partial charge in [0.15, 0.2) is 0 Å². The normalized spacial score (nSPS) is 14.2. The van der Waals surface area contributed by atoms with E-state index < -0.39 is 0 Å². The summed E-state index contributed by atoms with van der Waals surface area (Å²) in [6.07, 6.45) is 0. The second-order valence-corrected chi connectivity index (χ2v) is 21.1. The van der Waals surface area contributed by atoms with Crippen LogP contribution < -0.4 is 0 Å². The molecule has 0 radical (unpaired) electrons. The number of hydrogen-bond acceptors (Lipinski definition) is 0. The van der Waals surface area contributed by atoms with Crippen molar-refractivity contribution in [2.75, 3.05) is 0 Å². The fourth-order valence-electron chi connectivity index (χ4n) is 13.5. The molecule has 0 atom stereocenters. The highest BCUT2D eigenvalue weighted by atomic mass is 14.4. The molecular weight excluding hydrogens is 841 g/mol. The molecule has 0 heterocycles. The van der Waals surface area contributed by atoms with E-state index in [-0.39, 0.29) is 10.8 Å². The van der Waals surface area contributed by atoms with E-state index in [4.69, 9.17) is 0 Å². The topological polar surface area (TPSA) is 0 Å². The van der Waals surface area contributed by atoms with Crippen LogP contribution in [0.4, 0.5) is 0 Å². The molecule has 0 nitrogen and oxygen atoms in total. The van der Waals surface area contributed by atoms with Crippen molar-refractivity contribution in [3.05, 3.63) is 241 Å². The molecule has 0 bridgehead atoms. The van der Waals surface area contributed by atoms with E-state index in [0.29, 0.717) is 0 Å². The Morgan fingerprint density at radius 1 is 0.229 bits per heavy atom. The van der Waals surface area contributed by atoms with Gasteiger partial charge in [0, 0.05) is 10.8 Å². The van der Waals surface area contributed by atoms with Gasteiger partial charge in [-0.25, -0.2) is 0 Å². The predicted molar refractivity (Wildman–Crippen MR) is 298 cm³/mol. The van der Waals surface area contributed by atoms with Crippen LogP contribution in [-0.2, 0) is 10.8 Å². The van der Waals surface area contributed by atoms with E-state index in [2.05, 4.69) is 246 Å². The summed E-state index contributed by atoms with van der Waals surface area (Å²) in [5.74, 6) is 0. The Balaban J connectivity index is 1.15. The molecule has 0 amide bonds. The van der Waals surface area contributed by atoms with Crippen molar-refractivity contribution in [2.45, 2.75) is 38.5 Å². The summed E-state index contributed by atoms with van der Waals surface area (Å²) in [5.41, 5.74) is 25.8. The van der Waals surface area contributed by atoms with E-state index in [0.717, 1.165) is 0 Å². The molecule has 0 aliphatic heterocycles. The molecule has 0 saturated heterocycles. The lowest BCUT2D eigenvalue weighted by Crippen LogP contribution is -2.15. The molecule has 0 heteroatoms. The fourth-order valence-corrected chi connectivity index (χ4v) is 13.5. The molecular formula is C70H48. The Morgan fingerprint density at radius 3 is 1.27 bits per heavy atom. The lowest BCUT2D eigenvalue weighted by atomic mass is 9.77. The first-order valence-corrected chi connectivity index (χ1v) is 24.9. The maximum absolute atomic E-state index is 2.56. The SMILES string of the molecule is CC1(C)c2ccccc2-c2ccc(-c3c4c(c(-c5ccc6c(c5)C(C)(C)c5ccccc5-6)c5cc(-c6ccccc6)c(-c6ccccc6)cc35)-c3cc5c6ccccc6ccc5c5cccc-4c35)cc21. The van der Waals surface area contributed by atoms with Crippen molar-refractivity contribution in [1.29, 1.82) is 0 Å². The van der Waals surface area contributed by atoms with E-state index in [1.807, 2.05) is 0 Å². The Kier molecular flexibility index (Phi) is 8.00. The highest BCUT2D eigenvalue weighted by Crippen LogP contribution is 2.61. The first-order chi connectivity index (χ1) is 34.3. The van der Waals surface area contributed by atoms with Gasteiger partial charge in [-0.2, -0.15) is 0 Å². The fraction of sp³-hybridized carbons (Fsp3) is 0.0857. The van der Waals surface area contributed by atoms with Crippen molar-refractivity contribution in [3.63, 3.8) is 0 Å². The third kappa shape index (κ3) is 5.26. The maximum Gasteiger partial charge on any atom is 0.0159 e. The summed E-state index contributed by atoms with van der Waals surface area (Å²) >= 11 is 0. The van der Waals surface area contributed by atoms with Gasteiger partial charge in [-0.1, -0.05) is 216 Å². The minimum absolute atomic E-state index is 0.160. The summed E-state index contributed by atoms with van der Waals surface area (Å²) in [6.45, 7) is 9.64. The zero-order chi connectivity index (χ0) is 46.6. The minimum Gasteiger partial charge on any atom is -0.0622 e. The maximum atomic E-state index is 2.56. The number of benzene rings is 12. The van der Waals surface area contributed by atoms with Gasteiger partial charge < -0.3 is 0 Å². The van der Waals surface area contributed by atoms with E-state index in [1.165, 1.54) is 154 Å². The molecule has 12 aromatic rings. The van der Waals surface area contributed by atoms with E-state index >= 15 is 0 Å². The smallest absolute Gasteiger partial charge is 0.0159 e. The van der Waals surface area contributed by atoms with Crippen LogP contribution in [0.2, 0.25) is 0 Å². The Hall–Kier alpha value is -8.32. The second-order valence-electron chi connectivity index (χ2n) is 21.1.